The Balaban J connectivity index is 1.61. The van der Waals surface area contributed by atoms with E-state index in [1.54, 1.807) is 32.9 Å². The molecule has 3 heterocycles. The smallest absolute Gasteiger partial charge is 0.338 e. The van der Waals surface area contributed by atoms with Crippen LogP contribution < -0.4 is 5.32 Å². The fourth-order valence-electron chi connectivity index (χ4n) is 4.16. The highest BCUT2D eigenvalue weighted by atomic mass is 32.2. The van der Waals surface area contributed by atoms with E-state index in [9.17, 15) is 14.0 Å². The van der Waals surface area contributed by atoms with Crippen LogP contribution in [-0.4, -0.2) is 47.3 Å². The number of esters is 1. The lowest BCUT2D eigenvalue weighted by molar-refractivity contribution is -0.143. The lowest BCUT2D eigenvalue weighted by atomic mass is 9.93. The Labute approximate surface area is 197 Å². The summed E-state index contributed by atoms with van der Waals surface area (Å²) in [6.45, 7) is 6.50. The molecule has 0 aliphatic carbocycles. The van der Waals surface area contributed by atoms with Gasteiger partial charge in [-0.3, -0.25) is 4.79 Å². The Morgan fingerprint density at radius 2 is 2.21 bits per heavy atom. The van der Waals surface area contributed by atoms with E-state index < -0.39 is 17.8 Å². The normalized spacial score (nSPS) is 22.3. The van der Waals surface area contributed by atoms with E-state index in [4.69, 9.17) is 9.47 Å². The van der Waals surface area contributed by atoms with Crippen molar-refractivity contribution in [1.29, 1.82) is 0 Å². The highest BCUT2D eigenvalue weighted by Gasteiger charge is 2.41. The second-order valence-electron chi connectivity index (χ2n) is 8.52. The summed E-state index contributed by atoms with van der Waals surface area (Å²) in [5.41, 5.74) is 2.14. The molecule has 3 aliphatic rings. The first-order valence-corrected chi connectivity index (χ1v) is 12.0. The zero-order chi connectivity index (χ0) is 23.5. The third kappa shape index (κ3) is 5.30. The van der Waals surface area contributed by atoms with Gasteiger partial charge in [0, 0.05) is 18.8 Å². The number of hydrogen-bond donors (Lipinski definition) is 1. The molecule has 7 nitrogen and oxygen atoms in total. The van der Waals surface area contributed by atoms with Crippen LogP contribution in [-0.2, 0) is 19.1 Å². The third-order valence-electron chi connectivity index (χ3n) is 5.62. The standard InChI is InChI=1S/C24H28FN3O4S/c1-14(2)32-23(30)21-15(3)27-24-28(22(21)16-6-4-7-17(25)10-16)18(13-33-24)11-20(29)26-12-19-8-5-9-31-19/h4,6-7,10,13-14,19,22H,5,8-9,11-12H2,1-3H3,(H,26,29). The Kier molecular flexibility index (Phi) is 7.19. The van der Waals surface area contributed by atoms with Gasteiger partial charge >= 0.3 is 5.97 Å². The van der Waals surface area contributed by atoms with Gasteiger partial charge in [0.2, 0.25) is 5.91 Å². The average Bonchev–Trinajstić information content (AvgIpc) is 3.41. The van der Waals surface area contributed by atoms with Gasteiger partial charge in [-0.1, -0.05) is 23.9 Å². The summed E-state index contributed by atoms with van der Waals surface area (Å²) < 4.78 is 25.2. The molecule has 0 saturated carbocycles. The van der Waals surface area contributed by atoms with Crippen molar-refractivity contribution in [2.24, 2.45) is 4.99 Å². The van der Waals surface area contributed by atoms with Crippen molar-refractivity contribution in [3.8, 4) is 0 Å². The maximum Gasteiger partial charge on any atom is 0.338 e. The predicted molar refractivity (Wildman–Crippen MR) is 125 cm³/mol. The van der Waals surface area contributed by atoms with Gasteiger partial charge in [0.15, 0.2) is 5.17 Å². The van der Waals surface area contributed by atoms with Crippen LogP contribution in [0.4, 0.5) is 4.39 Å². The van der Waals surface area contributed by atoms with Crippen LogP contribution in [0, 0.1) is 5.82 Å². The molecule has 0 aromatic heterocycles. The topological polar surface area (TPSA) is 80.2 Å². The van der Waals surface area contributed by atoms with E-state index in [2.05, 4.69) is 10.3 Å². The van der Waals surface area contributed by atoms with E-state index in [-0.39, 0.29) is 24.5 Å². The van der Waals surface area contributed by atoms with Crippen molar-refractivity contribution >= 4 is 28.8 Å². The van der Waals surface area contributed by atoms with Gasteiger partial charge in [-0.05, 0) is 56.7 Å². The second kappa shape index (κ2) is 10.1. The van der Waals surface area contributed by atoms with E-state index in [0.29, 0.717) is 34.2 Å². The van der Waals surface area contributed by atoms with Crippen molar-refractivity contribution in [1.82, 2.24) is 10.2 Å². The van der Waals surface area contributed by atoms with Crippen LogP contribution in [0.15, 0.2) is 51.6 Å². The Hall–Kier alpha value is -2.65. The lowest BCUT2D eigenvalue weighted by Gasteiger charge is -2.36. The van der Waals surface area contributed by atoms with Crippen LogP contribution in [0.5, 0.6) is 0 Å². The van der Waals surface area contributed by atoms with Crippen molar-refractivity contribution < 1.29 is 23.5 Å². The number of carbonyl (C=O) groups excluding carboxylic acids is 2. The van der Waals surface area contributed by atoms with Crippen LogP contribution in [0.1, 0.15) is 51.6 Å². The van der Waals surface area contributed by atoms with Crippen LogP contribution in [0.25, 0.3) is 0 Å². The molecule has 1 aromatic carbocycles. The predicted octanol–water partition coefficient (Wildman–Crippen LogP) is 4.04. The number of amidine groups is 1. The molecule has 0 spiro atoms. The third-order valence-corrected chi connectivity index (χ3v) is 6.51. The Bertz CT molecular complexity index is 1030. The number of thioether (sulfide) groups is 1. The van der Waals surface area contributed by atoms with Crippen LogP contribution in [0.3, 0.4) is 0 Å². The fourth-order valence-corrected chi connectivity index (χ4v) is 5.12. The number of amides is 1. The highest BCUT2D eigenvalue weighted by Crippen LogP contribution is 2.45. The molecule has 1 saturated heterocycles. The quantitative estimate of drug-likeness (QED) is 0.602. The van der Waals surface area contributed by atoms with Gasteiger partial charge in [0.05, 0.1) is 35.9 Å². The molecule has 0 radical (unpaired) electrons. The summed E-state index contributed by atoms with van der Waals surface area (Å²) in [5, 5.41) is 5.44. The van der Waals surface area contributed by atoms with Crippen molar-refractivity contribution in [3.05, 3.63) is 58.0 Å². The Morgan fingerprint density at radius 3 is 2.91 bits per heavy atom. The largest absolute Gasteiger partial charge is 0.459 e. The number of hydrogen-bond acceptors (Lipinski definition) is 7. The molecule has 2 unspecified atom stereocenters. The summed E-state index contributed by atoms with van der Waals surface area (Å²) >= 11 is 1.38. The van der Waals surface area contributed by atoms with Gasteiger partial charge in [-0.2, -0.15) is 0 Å². The molecule has 3 aliphatic heterocycles. The van der Waals surface area contributed by atoms with Crippen LogP contribution >= 0.6 is 11.8 Å². The maximum atomic E-state index is 14.2. The number of nitrogens with one attached hydrogen (secondary N) is 1. The zero-order valence-corrected chi connectivity index (χ0v) is 19.8. The molecular formula is C24H28FN3O4S. The summed E-state index contributed by atoms with van der Waals surface area (Å²) in [4.78, 5) is 32.2. The summed E-state index contributed by atoms with van der Waals surface area (Å²) in [6, 6.07) is 5.49. The Morgan fingerprint density at radius 1 is 1.39 bits per heavy atom. The number of carbonyl (C=O) groups is 2. The number of benzene rings is 1. The molecule has 2 atom stereocenters. The summed E-state index contributed by atoms with van der Waals surface area (Å²) in [5.74, 6) is -1.05. The summed E-state index contributed by atoms with van der Waals surface area (Å²) in [6.07, 6.45) is 1.79. The molecule has 1 aromatic rings. The van der Waals surface area contributed by atoms with E-state index in [1.807, 2.05) is 10.3 Å². The highest BCUT2D eigenvalue weighted by molar-refractivity contribution is 8.16. The van der Waals surface area contributed by atoms with E-state index in [1.165, 1.54) is 23.9 Å². The minimum atomic E-state index is -0.647. The van der Waals surface area contributed by atoms with E-state index >= 15 is 0 Å². The van der Waals surface area contributed by atoms with Crippen molar-refractivity contribution in [2.45, 2.75) is 58.3 Å². The van der Waals surface area contributed by atoms with E-state index in [0.717, 1.165) is 19.4 Å². The number of fused-ring (bicyclic) bond motifs is 1. The fraction of sp³-hybridized carbons (Fsp3) is 0.458. The number of allylic oxidation sites excluding steroid dienone is 1. The van der Waals surface area contributed by atoms with Gasteiger partial charge in [-0.25, -0.2) is 14.2 Å². The molecule has 0 bridgehead atoms. The number of ether oxygens (including phenoxy) is 2. The molecule has 1 fully saturated rings. The van der Waals surface area contributed by atoms with Crippen molar-refractivity contribution in [3.63, 3.8) is 0 Å². The minimum absolute atomic E-state index is 0.0519. The first kappa shape index (κ1) is 23.5. The molecule has 9 heteroatoms. The maximum absolute atomic E-state index is 14.2. The molecular weight excluding hydrogens is 445 g/mol. The molecule has 33 heavy (non-hydrogen) atoms. The first-order chi connectivity index (χ1) is 15.8. The van der Waals surface area contributed by atoms with Gasteiger partial charge in [-0.15, -0.1) is 0 Å². The number of rotatable bonds is 7. The second-order valence-corrected chi connectivity index (χ2v) is 9.35. The molecule has 176 valence electrons. The van der Waals surface area contributed by atoms with Crippen LogP contribution in [0.2, 0.25) is 0 Å². The van der Waals surface area contributed by atoms with Crippen molar-refractivity contribution in [2.75, 3.05) is 13.2 Å². The minimum Gasteiger partial charge on any atom is -0.459 e. The summed E-state index contributed by atoms with van der Waals surface area (Å²) in [7, 11) is 0. The zero-order valence-electron chi connectivity index (χ0n) is 19.0. The SMILES string of the molecule is CC1=C(C(=O)OC(C)C)C(c2cccc(F)c2)N2C(CC(=O)NCC3CCCO3)=CSC2=N1. The van der Waals surface area contributed by atoms with Gasteiger partial charge in [0.25, 0.3) is 0 Å². The van der Waals surface area contributed by atoms with Gasteiger partial charge < -0.3 is 19.7 Å². The number of aliphatic imine (C=N–C) groups is 1. The number of nitrogens with zero attached hydrogens (tertiary/aromatic N) is 2. The molecule has 1 N–H and O–H groups in total. The molecule has 4 rings (SSSR count). The average molecular weight is 474 g/mol. The van der Waals surface area contributed by atoms with Gasteiger partial charge in [0.1, 0.15) is 5.82 Å². The number of halogens is 1. The monoisotopic (exact) mass is 473 g/mol. The first-order valence-electron chi connectivity index (χ1n) is 11.1. The lowest BCUT2D eigenvalue weighted by Crippen LogP contribution is -2.39. The molecule has 1 amide bonds.